The lowest BCUT2D eigenvalue weighted by molar-refractivity contribution is -0.143. The van der Waals surface area contributed by atoms with E-state index in [1.807, 2.05) is 0 Å². The quantitative estimate of drug-likeness (QED) is 0.188. The highest BCUT2D eigenvalue weighted by molar-refractivity contribution is 5.89. The van der Waals surface area contributed by atoms with E-state index in [0.29, 0.717) is 22.0 Å². The Morgan fingerprint density at radius 1 is 0.860 bits per heavy atom. The van der Waals surface area contributed by atoms with Crippen molar-refractivity contribution in [3.8, 4) is 34.0 Å². The van der Waals surface area contributed by atoms with Gasteiger partial charge in [0.25, 0.3) is 0 Å². The Kier molecular flexibility index (Phi) is 7.64. The van der Waals surface area contributed by atoms with Crippen LogP contribution < -0.4 is 4.74 Å². The summed E-state index contributed by atoms with van der Waals surface area (Å²) in [5.41, 5.74) is -1.30. The molecule has 0 bridgehead atoms. The number of aromatic carboxylic acids is 2. The van der Waals surface area contributed by atoms with Crippen LogP contribution in [-0.2, 0) is 12.8 Å². The molecule has 218 valence electrons. The van der Waals surface area contributed by atoms with Crippen molar-refractivity contribution in [1.82, 2.24) is 14.8 Å². The third-order valence-corrected chi connectivity index (χ3v) is 6.34. The van der Waals surface area contributed by atoms with Crippen LogP contribution in [0.5, 0.6) is 5.75 Å². The smallest absolute Gasteiger partial charge is 0.434 e. The van der Waals surface area contributed by atoms with E-state index < -0.39 is 41.0 Å². The predicted molar refractivity (Wildman–Crippen MR) is 142 cm³/mol. The Labute approximate surface area is 239 Å². The lowest BCUT2D eigenvalue weighted by Crippen LogP contribution is -2.18. The average Bonchev–Trinajstić information content (AvgIpc) is 3.44. The van der Waals surface area contributed by atoms with Crippen LogP contribution in [0.15, 0.2) is 85.1 Å². The Morgan fingerprint density at radius 3 is 2.23 bits per heavy atom. The number of hydrogen-bond acceptors (Lipinski definition) is 5. The van der Waals surface area contributed by atoms with Crippen LogP contribution in [-0.4, -0.2) is 36.9 Å². The summed E-state index contributed by atoms with van der Waals surface area (Å²) in [6.45, 7) is -0.304. The van der Waals surface area contributed by atoms with Gasteiger partial charge in [-0.05, 0) is 59.7 Å². The summed E-state index contributed by atoms with van der Waals surface area (Å²) < 4.78 is 76.5. The Hall–Kier alpha value is -5.59. The monoisotopic (exact) mass is 595 g/mol. The van der Waals surface area contributed by atoms with Crippen LogP contribution in [0.3, 0.4) is 0 Å². The first-order valence-electron chi connectivity index (χ1n) is 12.3. The normalized spacial score (nSPS) is 11.4. The minimum atomic E-state index is -5.07. The number of alkyl halides is 3. The summed E-state index contributed by atoms with van der Waals surface area (Å²) >= 11 is 0. The second-order valence-electron chi connectivity index (χ2n) is 9.12. The summed E-state index contributed by atoms with van der Waals surface area (Å²) in [4.78, 5) is 26.6. The standard InChI is InChI=1S/C30H18F5N3O5/c31-20-10-11-25(43-15-19-9-8-18(12-23(19)32)16-4-6-17(7-5-16)28(39)40)21(13-20)24-2-1-3-26(37-24)38-27(30(33,34)35)22(14-36-38)29(41)42/h1-14H,15H2,(H,39,40)(H,41,42). The number of hydrogen-bond donors (Lipinski definition) is 2. The number of carboxylic acid groups (broad SMARTS) is 2. The molecule has 2 heterocycles. The fraction of sp³-hybridized carbons (Fsp3) is 0.0667. The zero-order valence-corrected chi connectivity index (χ0v) is 21.6. The lowest BCUT2D eigenvalue weighted by atomic mass is 10.0. The highest BCUT2D eigenvalue weighted by Crippen LogP contribution is 2.35. The molecule has 0 saturated carbocycles. The second-order valence-corrected chi connectivity index (χ2v) is 9.12. The molecule has 0 aliphatic carbocycles. The van der Waals surface area contributed by atoms with Gasteiger partial charge in [-0.1, -0.05) is 30.3 Å². The SMILES string of the molecule is O=C(O)c1ccc(-c2ccc(COc3ccc(F)cc3-c3cccc(-n4ncc(C(=O)O)c4C(F)(F)F)n3)c(F)c2)cc1. The van der Waals surface area contributed by atoms with Crippen LogP contribution in [0.2, 0.25) is 0 Å². The summed E-state index contributed by atoms with van der Waals surface area (Å²) in [6.07, 6.45) is -4.52. The van der Waals surface area contributed by atoms with Crippen molar-refractivity contribution in [2.75, 3.05) is 0 Å². The van der Waals surface area contributed by atoms with Crippen molar-refractivity contribution >= 4 is 11.9 Å². The summed E-state index contributed by atoms with van der Waals surface area (Å²) in [5.74, 6) is -4.59. The van der Waals surface area contributed by atoms with E-state index in [9.17, 15) is 36.6 Å². The molecule has 0 radical (unpaired) electrons. The third-order valence-electron chi connectivity index (χ3n) is 6.34. The molecule has 0 atom stereocenters. The van der Waals surface area contributed by atoms with Gasteiger partial charge in [-0.25, -0.2) is 28.0 Å². The lowest BCUT2D eigenvalue weighted by Gasteiger charge is -2.14. The molecular weight excluding hydrogens is 577 g/mol. The second kappa shape index (κ2) is 11.4. The molecule has 0 saturated heterocycles. The van der Waals surface area contributed by atoms with Gasteiger partial charge in [-0.2, -0.15) is 18.3 Å². The van der Waals surface area contributed by atoms with Crippen molar-refractivity contribution < 1.29 is 46.5 Å². The highest BCUT2D eigenvalue weighted by atomic mass is 19.4. The van der Waals surface area contributed by atoms with Gasteiger partial charge in [0.1, 0.15) is 29.6 Å². The molecule has 43 heavy (non-hydrogen) atoms. The number of carboxylic acids is 2. The minimum absolute atomic E-state index is 0.0203. The van der Waals surface area contributed by atoms with Crippen LogP contribution >= 0.6 is 0 Å². The first kappa shape index (κ1) is 28.9. The van der Waals surface area contributed by atoms with E-state index >= 15 is 0 Å². The first-order valence-corrected chi connectivity index (χ1v) is 12.3. The number of carbonyl (C=O) groups is 2. The maximum atomic E-state index is 15.0. The summed E-state index contributed by atoms with van der Waals surface area (Å²) in [5, 5.41) is 21.8. The number of benzene rings is 3. The van der Waals surface area contributed by atoms with Crippen molar-refractivity contribution in [1.29, 1.82) is 0 Å². The van der Waals surface area contributed by atoms with Crippen LogP contribution in [0, 0.1) is 11.6 Å². The van der Waals surface area contributed by atoms with Gasteiger partial charge in [-0.15, -0.1) is 0 Å². The number of ether oxygens (including phenoxy) is 1. The van der Waals surface area contributed by atoms with E-state index in [2.05, 4.69) is 10.1 Å². The molecular formula is C30H18F5N3O5. The van der Waals surface area contributed by atoms with E-state index in [0.717, 1.165) is 12.1 Å². The van der Waals surface area contributed by atoms with Gasteiger partial charge >= 0.3 is 18.1 Å². The minimum Gasteiger partial charge on any atom is -0.488 e. The Balaban J connectivity index is 1.43. The molecule has 0 aliphatic rings. The number of rotatable bonds is 8. The van der Waals surface area contributed by atoms with Gasteiger partial charge in [-0.3, -0.25) is 0 Å². The molecule has 5 rings (SSSR count). The Bertz CT molecular complexity index is 1850. The van der Waals surface area contributed by atoms with Crippen LogP contribution in [0.1, 0.15) is 32.0 Å². The fourth-order valence-corrected chi connectivity index (χ4v) is 4.28. The van der Waals surface area contributed by atoms with Gasteiger partial charge in [0.05, 0.1) is 17.5 Å². The molecule has 2 aromatic heterocycles. The maximum Gasteiger partial charge on any atom is 0.434 e. The molecule has 0 unspecified atom stereocenters. The molecule has 13 heteroatoms. The van der Waals surface area contributed by atoms with Gasteiger partial charge < -0.3 is 14.9 Å². The molecule has 0 spiro atoms. The van der Waals surface area contributed by atoms with E-state index in [4.69, 9.17) is 9.84 Å². The first-order chi connectivity index (χ1) is 20.4. The average molecular weight is 595 g/mol. The van der Waals surface area contributed by atoms with Crippen molar-refractivity contribution in [3.63, 3.8) is 0 Å². The highest BCUT2D eigenvalue weighted by Gasteiger charge is 2.41. The summed E-state index contributed by atoms with van der Waals surface area (Å²) in [7, 11) is 0. The van der Waals surface area contributed by atoms with Crippen molar-refractivity contribution in [3.05, 3.63) is 119 Å². The van der Waals surface area contributed by atoms with Crippen molar-refractivity contribution in [2.24, 2.45) is 0 Å². The topological polar surface area (TPSA) is 115 Å². The molecule has 2 N–H and O–H groups in total. The van der Waals surface area contributed by atoms with Gasteiger partial charge in [0.2, 0.25) is 0 Å². The fourth-order valence-electron chi connectivity index (χ4n) is 4.28. The molecule has 5 aromatic rings. The number of nitrogens with zero attached hydrogens (tertiary/aromatic N) is 3. The largest absolute Gasteiger partial charge is 0.488 e. The zero-order chi connectivity index (χ0) is 30.9. The molecule has 8 nitrogen and oxygen atoms in total. The number of halogens is 5. The molecule has 3 aromatic carbocycles. The van der Waals surface area contributed by atoms with Gasteiger partial charge in [0.15, 0.2) is 11.5 Å². The molecule has 0 amide bonds. The molecule has 0 fully saturated rings. The maximum absolute atomic E-state index is 15.0. The van der Waals surface area contributed by atoms with Crippen molar-refractivity contribution in [2.45, 2.75) is 12.8 Å². The van der Waals surface area contributed by atoms with Crippen LogP contribution in [0.25, 0.3) is 28.2 Å². The zero-order valence-electron chi connectivity index (χ0n) is 21.6. The molecule has 0 aliphatic heterocycles. The van der Waals surface area contributed by atoms with E-state index in [1.165, 1.54) is 48.5 Å². The number of aromatic nitrogens is 3. The predicted octanol–water partition coefficient (Wildman–Crippen LogP) is 6.87. The van der Waals surface area contributed by atoms with Gasteiger partial charge in [0, 0.05) is 11.1 Å². The third kappa shape index (κ3) is 6.05. The van der Waals surface area contributed by atoms with E-state index in [1.54, 1.807) is 18.2 Å². The summed E-state index contributed by atoms with van der Waals surface area (Å²) in [6, 6.07) is 17.5. The Morgan fingerprint density at radius 2 is 1.58 bits per heavy atom. The van der Waals surface area contributed by atoms with Crippen LogP contribution in [0.4, 0.5) is 22.0 Å². The van der Waals surface area contributed by atoms with E-state index in [-0.39, 0.29) is 40.6 Å². The number of pyridine rings is 1.